The molecule has 2 heterocycles. The highest BCUT2D eigenvalue weighted by atomic mass is 16.3. The molecule has 0 aliphatic carbocycles. The Labute approximate surface area is 108 Å². The molecule has 1 aliphatic heterocycles. The highest BCUT2D eigenvalue weighted by Gasteiger charge is 2.24. The number of nitrogens with zero attached hydrogens (tertiary/aromatic N) is 3. The summed E-state index contributed by atoms with van der Waals surface area (Å²) in [5, 5.41) is 22.9. The van der Waals surface area contributed by atoms with Gasteiger partial charge in [-0.1, -0.05) is 0 Å². The van der Waals surface area contributed by atoms with E-state index in [0.717, 1.165) is 43.0 Å². The summed E-state index contributed by atoms with van der Waals surface area (Å²) in [7, 11) is 1.93. The summed E-state index contributed by atoms with van der Waals surface area (Å²) in [5.41, 5.74) is 1.83. The molecule has 1 unspecified atom stereocenters. The number of aliphatic hydroxyl groups is 2. The van der Waals surface area contributed by atoms with Crippen LogP contribution in [0.15, 0.2) is 0 Å². The van der Waals surface area contributed by atoms with Gasteiger partial charge in [0.15, 0.2) is 0 Å². The minimum Gasteiger partial charge on any atom is -0.396 e. The fourth-order valence-corrected chi connectivity index (χ4v) is 2.95. The average Bonchev–Trinajstić information content (AvgIpc) is 2.64. The third-order valence-electron chi connectivity index (χ3n) is 3.83. The molecule has 1 atom stereocenters. The number of hydrogen-bond acceptors (Lipinski definition) is 4. The van der Waals surface area contributed by atoms with Gasteiger partial charge in [0.1, 0.15) is 5.82 Å². The summed E-state index contributed by atoms with van der Waals surface area (Å²) in [6.07, 6.45) is 3.18. The number of aromatic nitrogens is 2. The molecule has 1 saturated heterocycles. The Kier molecular flexibility index (Phi) is 4.24. The molecule has 1 fully saturated rings. The molecular weight excluding hydrogens is 230 g/mol. The first-order valence-corrected chi connectivity index (χ1v) is 6.66. The van der Waals surface area contributed by atoms with Crippen LogP contribution in [-0.2, 0) is 13.7 Å². The molecule has 0 aromatic carbocycles. The summed E-state index contributed by atoms with van der Waals surface area (Å²) in [4.78, 5) is 2.30. The van der Waals surface area contributed by atoms with Crippen molar-refractivity contribution in [1.29, 1.82) is 0 Å². The van der Waals surface area contributed by atoms with E-state index in [4.69, 9.17) is 5.11 Å². The standard InChI is InChI=1S/C13H23N3O2/c1-10-12(9-18)13(15(2)14-10)16-6-3-4-11(8-16)5-7-17/h11,17-18H,3-9H2,1-2H3. The van der Waals surface area contributed by atoms with E-state index in [1.165, 1.54) is 6.42 Å². The van der Waals surface area contributed by atoms with Crippen molar-refractivity contribution in [1.82, 2.24) is 9.78 Å². The summed E-state index contributed by atoms with van der Waals surface area (Å²) >= 11 is 0. The lowest BCUT2D eigenvalue weighted by atomic mass is 9.95. The predicted octanol–water partition coefficient (Wildman–Crippen LogP) is 0.820. The number of aliphatic hydroxyl groups excluding tert-OH is 2. The second-order valence-electron chi connectivity index (χ2n) is 5.14. The molecular formula is C13H23N3O2. The van der Waals surface area contributed by atoms with E-state index in [9.17, 15) is 5.11 Å². The summed E-state index contributed by atoms with van der Waals surface area (Å²) in [6.45, 7) is 4.19. The zero-order valence-electron chi connectivity index (χ0n) is 11.3. The number of anilines is 1. The monoisotopic (exact) mass is 253 g/mol. The van der Waals surface area contributed by atoms with Crippen molar-refractivity contribution in [2.24, 2.45) is 13.0 Å². The van der Waals surface area contributed by atoms with Gasteiger partial charge in [-0.25, -0.2) is 0 Å². The zero-order valence-corrected chi connectivity index (χ0v) is 11.3. The van der Waals surface area contributed by atoms with Crippen LogP contribution in [0.25, 0.3) is 0 Å². The van der Waals surface area contributed by atoms with Crippen LogP contribution in [0.5, 0.6) is 0 Å². The largest absolute Gasteiger partial charge is 0.396 e. The van der Waals surface area contributed by atoms with Crippen molar-refractivity contribution in [3.05, 3.63) is 11.3 Å². The molecule has 102 valence electrons. The van der Waals surface area contributed by atoms with Crippen molar-refractivity contribution in [3.8, 4) is 0 Å². The van der Waals surface area contributed by atoms with Crippen molar-refractivity contribution in [2.45, 2.75) is 32.8 Å². The van der Waals surface area contributed by atoms with Crippen LogP contribution in [0.2, 0.25) is 0 Å². The smallest absolute Gasteiger partial charge is 0.132 e. The van der Waals surface area contributed by atoms with Gasteiger partial charge in [-0.2, -0.15) is 5.10 Å². The van der Waals surface area contributed by atoms with E-state index in [0.29, 0.717) is 5.92 Å². The third-order valence-corrected chi connectivity index (χ3v) is 3.83. The van der Waals surface area contributed by atoms with Crippen molar-refractivity contribution in [3.63, 3.8) is 0 Å². The van der Waals surface area contributed by atoms with Crippen LogP contribution in [-0.4, -0.2) is 39.7 Å². The van der Waals surface area contributed by atoms with Gasteiger partial charge in [0, 0.05) is 32.3 Å². The van der Waals surface area contributed by atoms with Crippen LogP contribution >= 0.6 is 0 Å². The van der Waals surface area contributed by atoms with Gasteiger partial charge >= 0.3 is 0 Å². The Hall–Kier alpha value is -1.07. The molecule has 1 aromatic heterocycles. The quantitative estimate of drug-likeness (QED) is 0.834. The third kappa shape index (κ3) is 2.52. The number of piperidine rings is 1. The molecule has 0 radical (unpaired) electrons. The minimum atomic E-state index is 0.0379. The van der Waals surface area contributed by atoms with Crippen LogP contribution in [0, 0.1) is 12.8 Å². The van der Waals surface area contributed by atoms with Gasteiger partial charge in [0.25, 0.3) is 0 Å². The van der Waals surface area contributed by atoms with E-state index in [-0.39, 0.29) is 13.2 Å². The van der Waals surface area contributed by atoms with Gasteiger partial charge in [-0.05, 0) is 32.1 Å². The fraction of sp³-hybridized carbons (Fsp3) is 0.769. The maximum Gasteiger partial charge on any atom is 0.132 e. The zero-order chi connectivity index (χ0) is 13.1. The van der Waals surface area contributed by atoms with Crippen molar-refractivity contribution >= 4 is 5.82 Å². The molecule has 1 aromatic rings. The van der Waals surface area contributed by atoms with E-state index < -0.39 is 0 Å². The molecule has 18 heavy (non-hydrogen) atoms. The summed E-state index contributed by atoms with van der Waals surface area (Å²) < 4.78 is 1.86. The first-order valence-electron chi connectivity index (χ1n) is 6.66. The van der Waals surface area contributed by atoms with Gasteiger partial charge in [-0.15, -0.1) is 0 Å². The normalized spacial score (nSPS) is 20.4. The SMILES string of the molecule is Cc1nn(C)c(N2CCCC(CCO)C2)c1CO. The Bertz CT molecular complexity index is 401. The van der Waals surface area contributed by atoms with Crippen molar-refractivity contribution in [2.75, 3.05) is 24.6 Å². The summed E-state index contributed by atoms with van der Waals surface area (Å²) in [6, 6.07) is 0. The van der Waals surface area contributed by atoms with Crippen LogP contribution < -0.4 is 4.90 Å². The van der Waals surface area contributed by atoms with E-state index >= 15 is 0 Å². The van der Waals surface area contributed by atoms with E-state index in [1.807, 2.05) is 18.7 Å². The van der Waals surface area contributed by atoms with Crippen LogP contribution in [0.4, 0.5) is 5.82 Å². The molecule has 2 rings (SSSR count). The molecule has 2 N–H and O–H groups in total. The predicted molar refractivity (Wildman–Crippen MR) is 70.5 cm³/mol. The molecule has 0 bridgehead atoms. The van der Waals surface area contributed by atoms with E-state index in [1.54, 1.807) is 0 Å². The highest BCUT2D eigenvalue weighted by molar-refractivity contribution is 5.50. The number of rotatable bonds is 4. The Balaban J connectivity index is 2.20. The Morgan fingerprint density at radius 2 is 2.17 bits per heavy atom. The summed E-state index contributed by atoms with van der Waals surface area (Å²) in [5.74, 6) is 1.59. The second-order valence-corrected chi connectivity index (χ2v) is 5.14. The van der Waals surface area contributed by atoms with E-state index in [2.05, 4.69) is 10.00 Å². The van der Waals surface area contributed by atoms with Gasteiger partial charge < -0.3 is 15.1 Å². The molecule has 1 aliphatic rings. The van der Waals surface area contributed by atoms with Crippen LogP contribution in [0.1, 0.15) is 30.5 Å². The van der Waals surface area contributed by atoms with Gasteiger partial charge in [0.05, 0.1) is 12.3 Å². The molecule has 0 amide bonds. The molecule has 5 heteroatoms. The number of aryl methyl sites for hydroxylation is 2. The maximum absolute atomic E-state index is 9.49. The average molecular weight is 253 g/mol. The van der Waals surface area contributed by atoms with Crippen LogP contribution in [0.3, 0.4) is 0 Å². The first-order chi connectivity index (χ1) is 8.67. The first kappa shape index (κ1) is 13.4. The Morgan fingerprint density at radius 1 is 1.39 bits per heavy atom. The van der Waals surface area contributed by atoms with Gasteiger partial charge in [-0.3, -0.25) is 4.68 Å². The highest BCUT2D eigenvalue weighted by Crippen LogP contribution is 2.28. The maximum atomic E-state index is 9.49. The van der Waals surface area contributed by atoms with Gasteiger partial charge in [0.2, 0.25) is 0 Å². The second kappa shape index (κ2) is 5.71. The van der Waals surface area contributed by atoms with Crippen molar-refractivity contribution < 1.29 is 10.2 Å². The molecule has 0 spiro atoms. The molecule has 0 saturated carbocycles. The fourth-order valence-electron chi connectivity index (χ4n) is 2.95. The minimum absolute atomic E-state index is 0.0379. The lowest BCUT2D eigenvalue weighted by Crippen LogP contribution is -2.37. The lowest BCUT2D eigenvalue weighted by Gasteiger charge is -2.34. The topological polar surface area (TPSA) is 61.5 Å². The Morgan fingerprint density at radius 3 is 2.83 bits per heavy atom. The lowest BCUT2D eigenvalue weighted by molar-refractivity contribution is 0.243. The number of hydrogen-bond donors (Lipinski definition) is 2. The molecule has 5 nitrogen and oxygen atoms in total.